The molecule has 34 heavy (non-hydrogen) atoms. The number of rotatable bonds is 6. The van der Waals surface area contributed by atoms with Gasteiger partial charge in [0, 0.05) is 30.6 Å². The number of carbonyl (C=O) groups is 4. The molecule has 0 saturated heterocycles. The van der Waals surface area contributed by atoms with Crippen molar-refractivity contribution in [1.82, 2.24) is 0 Å². The summed E-state index contributed by atoms with van der Waals surface area (Å²) in [6.07, 6.45) is 9.25. The minimum absolute atomic E-state index is 0.122. The summed E-state index contributed by atoms with van der Waals surface area (Å²) in [4.78, 5) is 50.0. The van der Waals surface area contributed by atoms with Crippen LogP contribution in [0, 0.1) is 28.6 Å². The molecule has 0 aliphatic heterocycles. The molecule has 0 radical (unpaired) electrons. The first kappa shape index (κ1) is 24.9. The van der Waals surface area contributed by atoms with Crippen molar-refractivity contribution in [3.8, 4) is 0 Å². The van der Waals surface area contributed by atoms with Crippen LogP contribution in [0.3, 0.4) is 0 Å². The van der Waals surface area contributed by atoms with Crippen molar-refractivity contribution in [2.75, 3.05) is 6.61 Å². The average molecular weight is 471 g/mol. The van der Waals surface area contributed by atoms with Crippen LogP contribution in [0.4, 0.5) is 0 Å². The van der Waals surface area contributed by atoms with Crippen LogP contribution in [0.2, 0.25) is 0 Å². The fourth-order valence-electron chi connectivity index (χ4n) is 7.68. The van der Waals surface area contributed by atoms with Gasteiger partial charge in [-0.15, -0.1) is 0 Å². The number of allylic oxidation sites excluding steroid dienone is 4. The minimum Gasteiger partial charge on any atom is -0.458 e. The minimum atomic E-state index is -1.29. The van der Waals surface area contributed by atoms with E-state index in [-0.39, 0.29) is 53.7 Å². The molecule has 0 spiro atoms. The van der Waals surface area contributed by atoms with Crippen molar-refractivity contribution in [2.45, 2.75) is 91.6 Å². The predicted octanol–water partition coefficient (Wildman–Crippen LogP) is 4.90. The molecule has 4 aliphatic carbocycles. The van der Waals surface area contributed by atoms with Crippen molar-refractivity contribution >= 4 is 23.5 Å². The van der Waals surface area contributed by atoms with Crippen LogP contribution >= 0.6 is 0 Å². The molecule has 186 valence electrons. The van der Waals surface area contributed by atoms with Crippen LogP contribution in [0.5, 0.6) is 0 Å². The van der Waals surface area contributed by atoms with Gasteiger partial charge in [-0.2, -0.15) is 0 Å². The molecule has 4 rings (SSSR count). The number of fused-ring (bicyclic) bond motifs is 5. The van der Waals surface area contributed by atoms with Gasteiger partial charge in [0.05, 0.1) is 0 Å². The summed E-state index contributed by atoms with van der Waals surface area (Å²) in [5.41, 5.74) is 0.673. The van der Waals surface area contributed by atoms with Gasteiger partial charge >= 0.3 is 11.9 Å². The third-order valence-corrected chi connectivity index (χ3v) is 9.38. The van der Waals surface area contributed by atoms with Gasteiger partial charge in [0.1, 0.15) is 0 Å². The van der Waals surface area contributed by atoms with Crippen LogP contribution in [0.25, 0.3) is 0 Å². The molecule has 6 heteroatoms. The van der Waals surface area contributed by atoms with Gasteiger partial charge in [0.15, 0.2) is 18.0 Å². The molecule has 0 heterocycles. The van der Waals surface area contributed by atoms with E-state index in [2.05, 4.69) is 26.8 Å². The Morgan fingerprint density at radius 1 is 1.15 bits per heavy atom. The van der Waals surface area contributed by atoms with Gasteiger partial charge in [-0.05, 0) is 62.4 Å². The molecule has 0 bridgehead atoms. The quantitative estimate of drug-likeness (QED) is 0.405. The summed E-state index contributed by atoms with van der Waals surface area (Å²) in [5.74, 6) is -0.234. The molecule has 6 nitrogen and oxygen atoms in total. The highest BCUT2D eigenvalue weighted by Gasteiger charge is 2.67. The van der Waals surface area contributed by atoms with Gasteiger partial charge in [0.2, 0.25) is 5.78 Å². The van der Waals surface area contributed by atoms with E-state index in [1.54, 1.807) is 0 Å². The van der Waals surface area contributed by atoms with E-state index in [1.165, 1.54) is 18.1 Å². The first-order valence-electron chi connectivity index (χ1n) is 12.8. The Hall–Kier alpha value is -2.24. The molecule has 6 atom stereocenters. The molecule has 0 aromatic carbocycles. The Labute approximate surface area is 202 Å². The molecule has 0 N–H and O–H groups in total. The van der Waals surface area contributed by atoms with Crippen molar-refractivity contribution in [2.24, 2.45) is 28.6 Å². The molecule has 0 amide bonds. The highest BCUT2D eigenvalue weighted by molar-refractivity contribution is 5.93. The van der Waals surface area contributed by atoms with Crippen LogP contribution in [-0.2, 0) is 28.7 Å². The molecule has 2 fully saturated rings. The normalized spacial score (nSPS) is 38.6. The van der Waals surface area contributed by atoms with Gasteiger partial charge in [-0.25, -0.2) is 0 Å². The lowest BCUT2D eigenvalue weighted by Gasteiger charge is -2.56. The van der Waals surface area contributed by atoms with Gasteiger partial charge in [-0.1, -0.05) is 44.9 Å². The number of ketones is 2. The largest absolute Gasteiger partial charge is 0.458 e. The van der Waals surface area contributed by atoms with Crippen molar-refractivity contribution < 1.29 is 28.7 Å². The van der Waals surface area contributed by atoms with Crippen LogP contribution in [0.15, 0.2) is 23.3 Å². The number of carbonyl (C=O) groups excluding carboxylic acids is 4. The monoisotopic (exact) mass is 470 g/mol. The summed E-state index contributed by atoms with van der Waals surface area (Å²) < 4.78 is 11.2. The maximum Gasteiger partial charge on any atom is 0.306 e. The lowest BCUT2D eigenvalue weighted by Crippen LogP contribution is -2.58. The van der Waals surface area contributed by atoms with Gasteiger partial charge < -0.3 is 9.47 Å². The molecular formula is C28H38O6. The van der Waals surface area contributed by atoms with Crippen LogP contribution < -0.4 is 0 Å². The topological polar surface area (TPSA) is 86.7 Å². The molecule has 4 aliphatic rings. The van der Waals surface area contributed by atoms with E-state index < -0.39 is 17.0 Å². The number of Topliss-reactive ketones (excluding diaryl/α,β-unsaturated/α-hetero) is 1. The second kappa shape index (κ2) is 8.76. The van der Waals surface area contributed by atoms with Crippen LogP contribution in [-0.4, -0.2) is 35.7 Å². The van der Waals surface area contributed by atoms with E-state index in [0.717, 1.165) is 19.3 Å². The third kappa shape index (κ3) is 3.68. The zero-order valence-corrected chi connectivity index (χ0v) is 21.2. The predicted molar refractivity (Wildman–Crippen MR) is 127 cm³/mol. The Kier molecular flexibility index (Phi) is 6.41. The van der Waals surface area contributed by atoms with Crippen molar-refractivity contribution in [3.63, 3.8) is 0 Å². The number of esters is 2. The highest BCUT2D eigenvalue weighted by Crippen LogP contribution is 2.67. The third-order valence-electron chi connectivity index (χ3n) is 9.38. The summed E-state index contributed by atoms with van der Waals surface area (Å²) >= 11 is 0. The van der Waals surface area contributed by atoms with E-state index in [1.807, 2.05) is 13.0 Å². The van der Waals surface area contributed by atoms with E-state index in [4.69, 9.17) is 9.47 Å². The van der Waals surface area contributed by atoms with E-state index in [9.17, 15) is 19.2 Å². The summed E-state index contributed by atoms with van der Waals surface area (Å²) in [6, 6.07) is 0. The standard InChI is InChI=1S/C28H38O6/c1-6-7-25(32)34-28(24(31)16-33-18(3)29)13-10-22-20-14-17(2)23-15-19(30)8-11-26(23,4)21(20)9-12-27(22,28)5/h9,15,17,20,22H,6-8,10-14,16H2,1-5H3/t17-,20+,22-,26+,27-,28-/m0/s1. The van der Waals surface area contributed by atoms with Crippen molar-refractivity contribution in [1.29, 1.82) is 0 Å². The first-order chi connectivity index (χ1) is 16.0. The lowest BCUT2D eigenvalue weighted by molar-refractivity contribution is -0.186. The molecule has 0 unspecified atom stereocenters. The lowest BCUT2D eigenvalue weighted by atomic mass is 9.48. The molecule has 0 aromatic heterocycles. The van der Waals surface area contributed by atoms with Gasteiger partial charge in [0.25, 0.3) is 0 Å². The Morgan fingerprint density at radius 2 is 1.88 bits per heavy atom. The maximum atomic E-state index is 13.6. The second-order valence-corrected chi connectivity index (χ2v) is 11.3. The molecule has 0 aromatic rings. The van der Waals surface area contributed by atoms with E-state index >= 15 is 0 Å². The van der Waals surface area contributed by atoms with Gasteiger partial charge in [-0.3, -0.25) is 19.2 Å². The first-order valence-corrected chi connectivity index (χ1v) is 12.8. The molecular weight excluding hydrogens is 432 g/mol. The molecule has 2 saturated carbocycles. The SMILES string of the molecule is CCCC(=O)O[C@]1(C(=O)COC(C)=O)CC[C@H]2[C@@H]3C[C@H](C)C4=CC(=O)CC[C@]4(C)C3=CC[C@@]21C. The number of hydrogen-bond acceptors (Lipinski definition) is 6. The number of ether oxygens (including phenoxy) is 2. The smallest absolute Gasteiger partial charge is 0.306 e. The zero-order chi connectivity index (χ0) is 24.9. The van der Waals surface area contributed by atoms with Crippen molar-refractivity contribution in [3.05, 3.63) is 23.3 Å². The Bertz CT molecular complexity index is 975. The fraction of sp³-hybridized carbons (Fsp3) is 0.714. The Morgan fingerprint density at radius 3 is 2.56 bits per heavy atom. The average Bonchev–Trinajstić information content (AvgIpc) is 3.07. The summed E-state index contributed by atoms with van der Waals surface area (Å²) in [6.45, 7) is 9.39. The zero-order valence-electron chi connectivity index (χ0n) is 21.2. The number of hydrogen-bond donors (Lipinski definition) is 0. The summed E-state index contributed by atoms with van der Waals surface area (Å²) in [7, 11) is 0. The Balaban J connectivity index is 1.75. The van der Waals surface area contributed by atoms with Crippen LogP contribution in [0.1, 0.15) is 86.0 Å². The van der Waals surface area contributed by atoms with E-state index in [0.29, 0.717) is 25.7 Å². The second-order valence-electron chi connectivity index (χ2n) is 11.3. The maximum absolute atomic E-state index is 13.6. The summed E-state index contributed by atoms with van der Waals surface area (Å²) in [5, 5.41) is 0. The fourth-order valence-corrected chi connectivity index (χ4v) is 7.68. The highest BCUT2D eigenvalue weighted by atomic mass is 16.6.